The molecule has 0 saturated carbocycles. The molecule has 0 N–H and O–H groups in total. The summed E-state index contributed by atoms with van der Waals surface area (Å²) in [6.45, 7) is 14.3. The molecule has 0 bridgehead atoms. The number of hydrogen-bond acceptors (Lipinski definition) is 1. The third-order valence-corrected chi connectivity index (χ3v) is 8.03. The summed E-state index contributed by atoms with van der Waals surface area (Å²) < 4.78 is 0. The molecule has 0 aromatic heterocycles. The van der Waals surface area contributed by atoms with E-state index in [1.807, 2.05) is 91.0 Å². The van der Waals surface area contributed by atoms with E-state index in [9.17, 15) is 0 Å². The zero-order valence-corrected chi connectivity index (χ0v) is 34.1. The number of para-hydroxylation sites is 1. The van der Waals surface area contributed by atoms with Gasteiger partial charge in [0.15, 0.2) is 0 Å². The summed E-state index contributed by atoms with van der Waals surface area (Å²) in [6, 6.07) is 57.2. The first-order valence-electron chi connectivity index (χ1n) is 17.9. The molecule has 6 aromatic rings. The predicted molar refractivity (Wildman–Crippen MR) is 222 cm³/mol. The Bertz CT molecular complexity index is 1720. The van der Waals surface area contributed by atoms with Crippen LogP contribution in [0.1, 0.15) is 55.7 Å². The summed E-state index contributed by atoms with van der Waals surface area (Å²) >= 11 is 0. The van der Waals surface area contributed by atoms with Crippen LogP contribution in [0, 0.1) is 20.8 Å². The van der Waals surface area contributed by atoms with Crippen molar-refractivity contribution in [3.05, 3.63) is 224 Å². The Balaban J connectivity index is 0.000000265. The molecule has 2 nitrogen and oxygen atoms in total. The second kappa shape index (κ2) is 24.2. The Morgan fingerprint density at radius 2 is 0.942 bits per heavy atom. The van der Waals surface area contributed by atoms with Crippen molar-refractivity contribution in [2.75, 3.05) is 6.54 Å². The van der Waals surface area contributed by atoms with E-state index in [0.29, 0.717) is 0 Å². The van der Waals surface area contributed by atoms with Crippen molar-refractivity contribution in [3.8, 4) is 22.3 Å². The predicted octanol–water partition coefficient (Wildman–Crippen LogP) is 13.9. The molecular weight excluding hydrogens is 795 g/mol. The van der Waals surface area contributed by atoms with Gasteiger partial charge in [0.25, 0.3) is 0 Å². The van der Waals surface area contributed by atoms with Crippen LogP contribution in [0.15, 0.2) is 187 Å². The fourth-order valence-electron chi connectivity index (χ4n) is 5.32. The molecule has 1 aliphatic rings. The van der Waals surface area contributed by atoms with Crippen molar-refractivity contribution in [2.24, 2.45) is 4.99 Å². The third kappa shape index (κ3) is 14.7. The van der Waals surface area contributed by atoms with Crippen molar-refractivity contribution in [2.45, 2.75) is 39.0 Å². The van der Waals surface area contributed by atoms with Gasteiger partial charge in [-0.25, -0.2) is 0 Å². The van der Waals surface area contributed by atoms with Crippen LogP contribution in [0.25, 0.3) is 27.6 Å². The minimum atomic E-state index is 0. The van der Waals surface area contributed by atoms with Crippen LogP contribution in [0.4, 0.5) is 5.69 Å². The molecule has 0 saturated heterocycles. The number of nitrogens with zero attached hydrogens (tertiary/aromatic N) is 2. The molecule has 0 amide bonds. The molecule has 7 rings (SSSR count). The first-order valence-corrected chi connectivity index (χ1v) is 17.9. The van der Waals surface area contributed by atoms with E-state index in [1.165, 1.54) is 17.5 Å². The van der Waals surface area contributed by atoms with Gasteiger partial charge in [-0.15, -0.1) is 47.8 Å². The van der Waals surface area contributed by atoms with Gasteiger partial charge in [-0.1, -0.05) is 116 Å². The fourth-order valence-corrected chi connectivity index (χ4v) is 5.32. The molecule has 0 unspecified atom stereocenters. The van der Waals surface area contributed by atoms with Crippen LogP contribution >= 0.6 is 0 Å². The maximum absolute atomic E-state index is 5.26. The van der Waals surface area contributed by atoms with E-state index >= 15 is 0 Å². The van der Waals surface area contributed by atoms with Crippen molar-refractivity contribution in [1.29, 1.82) is 0 Å². The number of aliphatic imine (C=N–C) groups is 1. The van der Waals surface area contributed by atoms with Gasteiger partial charge in [0.05, 0.1) is 0 Å². The average molecular weight is 845 g/mol. The first kappa shape index (κ1) is 41.4. The largest absolute Gasteiger partial charge is 4.00 e. The minimum Gasteiger partial charge on any atom is -0.656 e. The Morgan fingerprint density at radius 3 is 1.31 bits per heavy atom. The minimum absolute atomic E-state index is 0. The molecule has 1 aliphatic carbocycles. The summed E-state index contributed by atoms with van der Waals surface area (Å²) in [5.41, 5.74) is 11.2. The van der Waals surface area contributed by atoms with E-state index < -0.39 is 0 Å². The SMILES string of the molecule is CCCCN=C1CCCC=C1[N-]c1c(-c2ccccc2)cccc1-c1ccccc1.[CH2-]c1ccccc1.[CH2-]c1ccccc1.[CH2-]c1ccccc1.[Hf+4]. The monoisotopic (exact) mass is 846 g/mol. The maximum Gasteiger partial charge on any atom is 4.00 e. The molecule has 0 spiro atoms. The van der Waals surface area contributed by atoms with Gasteiger partial charge in [0.1, 0.15) is 0 Å². The van der Waals surface area contributed by atoms with Crippen LogP contribution in [-0.4, -0.2) is 12.3 Å². The molecule has 0 radical (unpaired) electrons. The Kier molecular flexibility index (Phi) is 19.3. The quantitative estimate of drug-likeness (QED) is 0.0869. The van der Waals surface area contributed by atoms with Gasteiger partial charge in [-0.3, -0.25) is 4.99 Å². The second-order valence-electron chi connectivity index (χ2n) is 12.2. The molecular formula is C49H50HfN2. The Morgan fingerprint density at radius 1 is 0.538 bits per heavy atom. The molecule has 260 valence electrons. The van der Waals surface area contributed by atoms with E-state index in [-0.39, 0.29) is 25.8 Å². The zero-order chi connectivity index (χ0) is 35.9. The van der Waals surface area contributed by atoms with Crippen molar-refractivity contribution in [3.63, 3.8) is 0 Å². The van der Waals surface area contributed by atoms with Crippen LogP contribution in [0.5, 0.6) is 0 Å². The first-order chi connectivity index (χ1) is 25.0. The van der Waals surface area contributed by atoms with E-state index in [0.717, 1.165) is 77.1 Å². The van der Waals surface area contributed by atoms with Gasteiger partial charge >= 0.3 is 25.8 Å². The number of allylic oxidation sites excluding steroid dienone is 2. The molecule has 0 heterocycles. The smallest absolute Gasteiger partial charge is 0.656 e. The average Bonchev–Trinajstić information content (AvgIpc) is 3.18. The fraction of sp³-hybridized carbons (Fsp3) is 0.143. The van der Waals surface area contributed by atoms with Crippen molar-refractivity contribution < 1.29 is 25.8 Å². The van der Waals surface area contributed by atoms with Crippen LogP contribution < -0.4 is 0 Å². The molecule has 3 heteroatoms. The van der Waals surface area contributed by atoms with Crippen molar-refractivity contribution in [1.82, 2.24) is 0 Å². The maximum atomic E-state index is 5.26. The number of unbranched alkanes of at least 4 members (excludes halogenated alkanes) is 1. The zero-order valence-electron chi connectivity index (χ0n) is 30.5. The van der Waals surface area contributed by atoms with Gasteiger partial charge < -0.3 is 5.32 Å². The number of rotatable bonds is 7. The van der Waals surface area contributed by atoms with Gasteiger partial charge in [-0.05, 0) is 47.9 Å². The van der Waals surface area contributed by atoms with Gasteiger partial charge in [0, 0.05) is 12.3 Å². The molecule has 0 aliphatic heterocycles. The molecule has 0 fully saturated rings. The third-order valence-electron chi connectivity index (χ3n) is 8.03. The summed E-state index contributed by atoms with van der Waals surface area (Å²) in [5.74, 6) is 0. The molecule has 6 aromatic carbocycles. The van der Waals surface area contributed by atoms with Gasteiger partial charge in [0.2, 0.25) is 0 Å². The summed E-state index contributed by atoms with van der Waals surface area (Å²) in [4.78, 5) is 4.91. The summed E-state index contributed by atoms with van der Waals surface area (Å²) in [7, 11) is 0. The van der Waals surface area contributed by atoms with E-state index in [1.54, 1.807) is 0 Å². The van der Waals surface area contributed by atoms with Crippen LogP contribution in [0.2, 0.25) is 0 Å². The topological polar surface area (TPSA) is 26.5 Å². The Labute approximate surface area is 332 Å². The summed E-state index contributed by atoms with van der Waals surface area (Å²) in [6.07, 6.45) is 7.82. The van der Waals surface area contributed by atoms with Crippen molar-refractivity contribution >= 4 is 11.4 Å². The van der Waals surface area contributed by atoms with Crippen LogP contribution in [-0.2, 0) is 25.8 Å². The number of hydrogen-bond donors (Lipinski definition) is 0. The second-order valence-corrected chi connectivity index (χ2v) is 12.2. The number of benzene rings is 6. The molecule has 0 atom stereocenters. The van der Waals surface area contributed by atoms with E-state index in [4.69, 9.17) is 10.3 Å². The normalized spacial score (nSPS) is 12.2. The standard InChI is InChI=1S/C28H29N2.3C7H7.Hf/c1-2-3-21-29-26-19-10-11-20-27(26)30-28-24(22-13-6-4-7-14-22)17-12-18-25(28)23-15-8-5-9-16-23;3*1-7-5-3-2-4-6-7;/h4-9,12-18,20H,2-3,10-11,19,21H2,1H3;3*2-6H,1H2;/q4*-1;+4. The summed E-state index contributed by atoms with van der Waals surface area (Å²) in [5, 5.41) is 5.26. The van der Waals surface area contributed by atoms with Crippen LogP contribution in [0.3, 0.4) is 0 Å². The van der Waals surface area contributed by atoms with Gasteiger partial charge in [-0.2, -0.15) is 73.9 Å². The Hall–Kier alpha value is -4.99. The molecule has 52 heavy (non-hydrogen) atoms. The van der Waals surface area contributed by atoms with E-state index in [2.05, 4.69) is 113 Å².